The van der Waals surface area contributed by atoms with E-state index in [1.54, 1.807) is 0 Å². The van der Waals surface area contributed by atoms with Gasteiger partial charge in [-0.2, -0.15) is 0 Å². The summed E-state index contributed by atoms with van der Waals surface area (Å²) in [6.45, 7) is 1.08. The van der Waals surface area contributed by atoms with Crippen LogP contribution in [0.15, 0.2) is 182 Å². The minimum absolute atomic E-state index is 0. The van der Waals surface area contributed by atoms with E-state index >= 15 is 0 Å². The van der Waals surface area contributed by atoms with Crippen molar-refractivity contribution in [3.8, 4) is 0 Å². The van der Waals surface area contributed by atoms with Crippen LogP contribution in [0.3, 0.4) is 0 Å². The molecular weight excluding hydrogens is 831 g/mol. The molecule has 0 spiro atoms. The van der Waals surface area contributed by atoms with Gasteiger partial charge in [0.1, 0.15) is 0 Å². The van der Waals surface area contributed by atoms with Crippen LogP contribution in [-0.4, -0.2) is 55.7 Å². The monoisotopic (exact) mass is 870 g/mol. The second kappa shape index (κ2) is 22.4. The van der Waals surface area contributed by atoms with E-state index in [4.69, 9.17) is 9.90 Å². The van der Waals surface area contributed by atoms with Crippen LogP contribution in [0.1, 0.15) is 6.92 Å². The van der Waals surface area contributed by atoms with Gasteiger partial charge in [-0.25, -0.2) is 0 Å². The van der Waals surface area contributed by atoms with Crippen molar-refractivity contribution in [1.82, 2.24) is 0 Å². The van der Waals surface area contributed by atoms with E-state index in [-0.39, 0.29) is 30.3 Å². The fourth-order valence-electron chi connectivity index (χ4n) is 4.16. The van der Waals surface area contributed by atoms with Crippen LogP contribution in [0.2, 0.25) is 0 Å². The number of carbonyl (C=O) groups is 1. The molecule has 0 heterocycles. The molecular formula is C38H36Cl2O3Te2. The average Bonchev–Trinajstić information content (AvgIpc) is 3.05. The molecule has 0 aliphatic heterocycles. The molecule has 0 aliphatic carbocycles. The SMILES string of the molecule is CC(=O)O.O.[Cl-].[Cl-].c1ccc([Te+](c2ccccc2)c2ccccc2)cc1.c1ccc([Te+](c2ccccc2)c2ccccc2)cc1. The number of carboxylic acid groups (broad SMARTS) is 1. The molecule has 232 valence electrons. The molecule has 0 amide bonds. The van der Waals surface area contributed by atoms with Gasteiger partial charge in [0.2, 0.25) is 0 Å². The zero-order chi connectivity index (χ0) is 29.4. The summed E-state index contributed by atoms with van der Waals surface area (Å²) in [5, 5.41) is 7.42. The topological polar surface area (TPSA) is 68.8 Å². The van der Waals surface area contributed by atoms with Crippen LogP contribution in [0.5, 0.6) is 0 Å². The first-order valence-corrected chi connectivity index (χ1v) is 20.6. The molecule has 6 rings (SSSR count). The van der Waals surface area contributed by atoms with Crippen molar-refractivity contribution < 1.29 is 40.2 Å². The number of carboxylic acids is 1. The normalized spacial score (nSPS) is 9.49. The third-order valence-electron chi connectivity index (χ3n) is 5.87. The van der Waals surface area contributed by atoms with Gasteiger partial charge in [-0.15, -0.1) is 0 Å². The van der Waals surface area contributed by atoms with Gasteiger partial charge in [-0.3, -0.25) is 4.79 Å². The Morgan fingerprint density at radius 1 is 0.378 bits per heavy atom. The summed E-state index contributed by atoms with van der Waals surface area (Å²) in [7, 11) is 0. The molecule has 0 aliphatic rings. The Morgan fingerprint density at radius 3 is 0.600 bits per heavy atom. The van der Waals surface area contributed by atoms with Crippen molar-refractivity contribution in [2.45, 2.75) is 6.92 Å². The van der Waals surface area contributed by atoms with Crippen LogP contribution in [0.25, 0.3) is 0 Å². The molecule has 0 aromatic heterocycles. The zero-order valence-corrected chi connectivity index (χ0v) is 30.9. The molecule has 0 radical (unpaired) electrons. The number of halogens is 2. The molecule has 3 nitrogen and oxygen atoms in total. The fourth-order valence-corrected chi connectivity index (χ4v) is 16.2. The molecule has 7 heteroatoms. The van der Waals surface area contributed by atoms with Crippen LogP contribution < -0.4 is 46.5 Å². The van der Waals surface area contributed by atoms with Crippen molar-refractivity contribution in [2.75, 3.05) is 0 Å². The van der Waals surface area contributed by atoms with E-state index in [0.717, 1.165) is 6.92 Å². The van der Waals surface area contributed by atoms with Crippen LogP contribution in [-0.2, 0) is 4.79 Å². The van der Waals surface area contributed by atoms with Gasteiger partial charge in [0.15, 0.2) is 0 Å². The summed E-state index contributed by atoms with van der Waals surface area (Å²) in [5.74, 6) is -0.833. The van der Waals surface area contributed by atoms with Gasteiger partial charge in [-0.1, -0.05) is 0 Å². The number of hydrogen-bond acceptors (Lipinski definition) is 1. The second-order valence-corrected chi connectivity index (χ2v) is 20.6. The molecule has 0 saturated heterocycles. The summed E-state index contributed by atoms with van der Waals surface area (Å²) in [5.41, 5.74) is 0. The number of aliphatic carboxylic acids is 1. The molecule has 0 bridgehead atoms. The Morgan fingerprint density at radius 2 is 0.489 bits per heavy atom. The standard InChI is InChI=1S/2C18H15Te.C2H4O2.2ClH.H2O/c2*1-4-10-16(11-5-1)19(17-12-6-2-7-13-17)18-14-8-3-9-15-18;1-2(3)4;;;/h2*1-15H;1H3,(H,3,4);2*1H;1H2/q2*+1;;;;/p-2. The number of rotatable bonds is 6. The van der Waals surface area contributed by atoms with Gasteiger partial charge in [-0.05, 0) is 0 Å². The van der Waals surface area contributed by atoms with E-state index in [9.17, 15) is 0 Å². The number of hydrogen-bond donors (Lipinski definition) is 1. The van der Waals surface area contributed by atoms with Gasteiger partial charge in [0.25, 0.3) is 5.97 Å². The van der Waals surface area contributed by atoms with Gasteiger partial charge in [0, 0.05) is 6.92 Å². The van der Waals surface area contributed by atoms with Crippen molar-refractivity contribution in [3.05, 3.63) is 182 Å². The van der Waals surface area contributed by atoms with Gasteiger partial charge in [0.05, 0.1) is 0 Å². The maximum atomic E-state index is 9.00. The third kappa shape index (κ3) is 13.0. The summed E-state index contributed by atoms with van der Waals surface area (Å²) >= 11 is -3.34. The predicted octanol–water partition coefficient (Wildman–Crippen LogP) is -2.32. The van der Waals surface area contributed by atoms with Crippen LogP contribution in [0.4, 0.5) is 0 Å². The first-order chi connectivity index (χ1) is 20.6. The molecule has 3 N–H and O–H groups in total. The summed E-state index contributed by atoms with van der Waals surface area (Å²) in [4.78, 5) is 9.00. The van der Waals surface area contributed by atoms with Crippen molar-refractivity contribution in [3.63, 3.8) is 0 Å². The molecule has 0 atom stereocenters. The molecule has 6 aromatic carbocycles. The summed E-state index contributed by atoms with van der Waals surface area (Å²) in [6.07, 6.45) is 0. The Labute approximate surface area is 293 Å². The Balaban J connectivity index is 0.000000380. The maximum absolute atomic E-state index is 9.00. The minimum atomic E-state index is -1.67. The van der Waals surface area contributed by atoms with E-state index in [1.165, 1.54) is 21.7 Å². The Bertz CT molecular complexity index is 1290. The number of benzene rings is 6. The van der Waals surface area contributed by atoms with E-state index in [0.29, 0.717) is 0 Å². The Kier molecular flexibility index (Phi) is 19.9. The van der Waals surface area contributed by atoms with Crippen molar-refractivity contribution >= 4 is 66.7 Å². The molecule has 0 saturated carbocycles. The second-order valence-electron chi connectivity index (χ2n) is 9.01. The first-order valence-electron chi connectivity index (χ1n) is 13.6. The van der Waals surface area contributed by atoms with E-state index in [1.807, 2.05) is 0 Å². The van der Waals surface area contributed by atoms with Crippen molar-refractivity contribution in [2.24, 2.45) is 0 Å². The molecule has 6 aromatic rings. The fraction of sp³-hybridized carbons (Fsp3) is 0.0263. The van der Waals surface area contributed by atoms with Crippen molar-refractivity contribution in [1.29, 1.82) is 0 Å². The quantitative estimate of drug-likeness (QED) is 0.192. The van der Waals surface area contributed by atoms with Crippen LogP contribution >= 0.6 is 0 Å². The zero-order valence-electron chi connectivity index (χ0n) is 24.7. The predicted molar refractivity (Wildman–Crippen MR) is 185 cm³/mol. The first kappa shape index (κ1) is 39.9. The third-order valence-corrected chi connectivity index (χ3v) is 18.6. The van der Waals surface area contributed by atoms with E-state index in [2.05, 4.69) is 182 Å². The van der Waals surface area contributed by atoms with Gasteiger partial charge >= 0.3 is 243 Å². The van der Waals surface area contributed by atoms with Crippen LogP contribution in [0, 0.1) is 0 Å². The molecule has 45 heavy (non-hydrogen) atoms. The molecule has 0 unspecified atom stereocenters. The Hall–Kier alpha value is -3.09. The van der Waals surface area contributed by atoms with Gasteiger partial charge < -0.3 is 35.4 Å². The molecule has 0 fully saturated rings. The summed E-state index contributed by atoms with van der Waals surface area (Å²) in [6, 6.07) is 65.6. The summed E-state index contributed by atoms with van der Waals surface area (Å²) < 4.78 is 9.02. The average molecular weight is 867 g/mol. The van der Waals surface area contributed by atoms with E-state index < -0.39 is 45.1 Å².